The van der Waals surface area contributed by atoms with Crippen LogP contribution in [-0.4, -0.2) is 38.5 Å². The first-order valence-corrected chi connectivity index (χ1v) is 9.78. The number of benzene rings is 1. The molecule has 0 radical (unpaired) electrons. The Hall–Kier alpha value is -2.24. The molecule has 0 spiro atoms. The van der Waals surface area contributed by atoms with Crippen molar-refractivity contribution in [1.82, 2.24) is 16.0 Å². The minimum Gasteiger partial charge on any atom is -0.459 e. The van der Waals surface area contributed by atoms with Crippen LogP contribution < -0.4 is 16.0 Å². The Morgan fingerprint density at radius 1 is 1.13 bits per heavy atom. The van der Waals surface area contributed by atoms with E-state index < -0.39 is 11.7 Å². The maximum Gasteiger partial charge on any atom is 0.416 e. The van der Waals surface area contributed by atoms with Crippen molar-refractivity contribution in [3.8, 4) is 0 Å². The van der Waals surface area contributed by atoms with Gasteiger partial charge in [0.25, 0.3) is 5.91 Å². The van der Waals surface area contributed by atoms with Crippen LogP contribution in [0.2, 0.25) is 0 Å². The lowest BCUT2D eigenvalue weighted by atomic mass is 9.64. The summed E-state index contributed by atoms with van der Waals surface area (Å²) in [5.41, 5.74) is -0.273. The lowest BCUT2D eigenvalue weighted by molar-refractivity contribution is -0.137. The molecule has 10 heteroatoms. The number of hydrogen-bond donors (Lipinski definition) is 3. The SMILES string of the molecule is CN=C(NCCNC(=O)c1ccco1)NCC1(c2cccc(C(F)(F)F)c2)CCC1.I. The molecule has 6 nitrogen and oxygen atoms in total. The van der Waals surface area contributed by atoms with E-state index in [2.05, 4.69) is 20.9 Å². The Balaban J connectivity index is 0.00000341. The third-order valence-electron chi connectivity index (χ3n) is 5.38. The first-order valence-electron chi connectivity index (χ1n) is 9.78. The molecule has 1 aromatic heterocycles. The van der Waals surface area contributed by atoms with Crippen LogP contribution in [0.5, 0.6) is 0 Å². The van der Waals surface area contributed by atoms with Crippen LogP contribution in [0.25, 0.3) is 0 Å². The number of halogens is 4. The molecule has 1 heterocycles. The van der Waals surface area contributed by atoms with E-state index in [1.165, 1.54) is 18.4 Å². The highest BCUT2D eigenvalue weighted by Gasteiger charge is 2.40. The fraction of sp³-hybridized carbons (Fsp3) is 0.429. The molecule has 1 amide bonds. The number of alkyl halides is 3. The molecule has 0 saturated heterocycles. The van der Waals surface area contributed by atoms with E-state index >= 15 is 0 Å². The first kappa shape index (κ1) is 25.0. The third-order valence-corrected chi connectivity index (χ3v) is 5.38. The average Bonchev–Trinajstić information content (AvgIpc) is 3.23. The molecule has 170 valence electrons. The zero-order chi connectivity index (χ0) is 21.6. The molecule has 3 rings (SSSR count). The number of nitrogens with zero attached hydrogens (tertiary/aromatic N) is 1. The summed E-state index contributed by atoms with van der Waals surface area (Å²) in [5.74, 6) is 0.466. The molecule has 0 aliphatic heterocycles. The van der Waals surface area contributed by atoms with Crippen LogP contribution in [0.4, 0.5) is 13.2 Å². The molecule has 0 unspecified atom stereocenters. The van der Waals surface area contributed by atoms with Crippen molar-refractivity contribution < 1.29 is 22.4 Å². The van der Waals surface area contributed by atoms with Crippen LogP contribution in [0.15, 0.2) is 52.1 Å². The molecular weight excluding hydrogens is 524 g/mol. The van der Waals surface area contributed by atoms with Crippen molar-refractivity contribution >= 4 is 35.8 Å². The molecule has 31 heavy (non-hydrogen) atoms. The number of guanidine groups is 1. The molecule has 3 N–H and O–H groups in total. The Morgan fingerprint density at radius 2 is 1.87 bits per heavy atom. The quantitative estimate of drug-likeness (QED) is 0.211. The number of amides is 1. The summed E-state index contributed by atoms with van der Waals surface area (Å²) >= 11 is 0. The minimum atomic E-state index is -4.36. The number of nitrogens with one attached hydrogen (secondary N) is 3. The second-order valence-corrected chi connectivity index (χ2v) is 7.30. The molecule has 2 aromatic rings. The summed E-state index contributed by atoms with van der Waals surface area (Å²) in [6, 6.07) is 8.79. The summed E-state index contributed by atoms with van der Waals surface area (Å²) in [6.07, 6.45) is -0.316. The largest absolute Gasteiger partial charge is 0.459 e. The Labute approximate surface area is 196 Å². The number of hydrogen-bond acceptors (Lipinski definition) is 3. The van der Waals surface area contributed by atoms with E-state index in [4.69, 9.17) is 4.42 Å². The average molecular weight is 550 g/mol. The summed E-state index contributed by atoms with van der Waals surface area (Å²) in [7, 11) is 1.62. The van der Waals surface area contributed by atoms with Crippen LogP contribution in [-0.2, 0) is 11.6 Å². The van der Waals surface area contributed by atoms with Crippen molar-refractivity contribution in [3.63, 3.8) is 0 Å². The zero-order valence-electron chi connectivity index (χ0n) is 17.1. The highest BCUT2D eigenvalue weighted by Crippen LogP contribution is 2.44. The molecule has 1 saturated carbocycles. The van der Waals surface area contributed by atoms with Gasteiger partial charge in [0.15, 0.2) is 11.7 Å². The Bertz CT molecular complexity index is 881. The molecule has 1 aromatic carbocycles. The van der Waals surface area contributed by atoms with Gasteiger partial charge in [-0.15, -0.1) is 24.0 Å². The second kappa shape index (κ2) is 10.9. The summed E-state index contributed by atoms with van der Waals surface area (Å²) in [6.45, 7) is 1.27. The molecule has 1 aliphatic rings. The summed E-state index contributed by atoms with van der Waals surface area (Å²) in [4.78, 5) is 16.0. The van der Waals surface area contributed by atoms with E-state index in [0.29, 0.717) is 31.2 Å². The van der Waals surface area contributed by atoms with E-state index in [1.807, 2.05) is 0 Å². The lowest BCUT2D eigenvalue weighted by Crippen LogP contribution is -2.49. The highest BCUT2D eigenvalue weighted by molar-refractivity contribution is 14.0. The van der Waals surface area contributed by atoms with Crippen LogP contribution in [0, 0.1) is 0 Å². The van der Waals surface area contributed by atoms with Crippen molar-refractivity contribution in [1.29, 1.82) is 0 Å². The normalized spacial score (nSPS) is 15.4. The van der Waals surface area contributed by atoms with Gasteiger partial charge in [-0.1, -0.05) is 24.6 Å². The van der Waals surface area contributed by atoms with Gasteiger partial charge in [0.2, 0.25) is 0 Å². The van der Waals surface area contributed by atoms with Crippen LogP contribution in [0.1, 0.15) is 40.9 Å². The topological polar surface area (TPSA) is 78.7 Å². The number of carbonyl (C=O) groups excluding carboxylic acids is 1. The van der Waals surface area contributed by atoms with Crippen LogP contribution >= 0.6 is 24.0 Å². The first-order chi connectivity index (χ1) is 14.3. The third kappa shape index (κ3) is 6.37. The van der Waals surface area contributed by atoms with Gasteiger partial charge >= 0.3 is 6.18 Å². The summed E-state index contributed by atoms with van der Waals surface area (Å²) < 4.78 is 44.3. The van der Waals surface area contributed by atoms with E-state index in [0.717, 1.165) is 25.3 Å². The molecular formula is C21H26F3IN4O2. The monoisotopic (exact) mass is 550 g/mol. The Morgan fingerprint density at radius 3 is 2.45 bits per heavy atom. The fourth-order valence-corrected chi connectivity index (χ4v) is 3.52. The summed E-state index contributed by atoms with van der Waals surface area (Å²) in [5, 5.41) is 9.02. The zero-order valence-corrected chi connectivity index (χ0v) is 19.4. The Kier molecular flexibility index (Phi) is 8.78. The predicted octanol–water partition coefficient (Wildman–Crippen LogP) is 3.93. The van der Waals surface area contributed by atoms with Gasteiger partial charge in [-0.3, -0.25) is 9.79 Å². The van der Waals surface area contributed by atoms with Gasteiger partial charge in [-0.05, 0) is 36.6 Å². The van der Waals surface area contributed by atoms with Gasteiger partial charge in [-0.25, -0.2) is 0 Å². The van der Waals surface area contributed by atoms with Crippen molar-refractivity contribution in [2.75, 3.05) is 26.7 Å². The van der Waals surface area contributed by atoms with Gasteiger partial charge < -0.3 is 20.4 Å². The standard InChI is InChI=1S/C21H25F3N4O2.HI/c1-25-19(27-11-10-26-18(29)17-7-3-12-30-17)28-14-20(8-4-9-20)15-5-2-6-16(13-15)21(22,23)24;/h2-3,5-7,12-13H,4,8-11,14H2,1H3,(H,26,29)(H2,25,27,28);1H. The van der Waals surface area contributed by atoms with Gasteiger partial charge in [0.05, 0.1) is 11.8 Å². The van der Waals surface area contributed by atoms with Crippen LogP contribution in [0.3, 0.4) is 0 Å². The molecule has 1 aliphatic carbocycles. The van der Waals surface area contributed by atoms with Crippen molar-refractivity contribution in [2.45, 2.75) is 30.9 Å². The molecule has 1 fully saturated rings. The highest BCUT2D eigenvalue weighted by atomic mass is 127. The number of furan rings is 1. The molecule has 0 atom stereocenters. The smallest absolute Gasteiger partial charge is 0.416 e. The minimum absolute atomic E-state index is 0. The second-order valence-electron chi connectivity index (χ2n) is 7.30. The predicted molar refractivity (Wildman–Crippen MR) is 123 cm³/mol. The van der Waals surface area contributed by atoms with E-state index in [-0.39, 0.29) is 41.1 Å². The maximum absolute atomic E-state index is 13.1. The number of aliphatic imine (C=N–C) groups is 1. The van der Waals surface area contributed by atoms with Gasteiger partial charge in [0.1, 0.15) is 0 Å². The van der Waals surface area contributed by atoms with Gasteiger partial charge in [-0.2, -0.15) is 13.2 Å². The van der Waals surface area contributed by atoms with E-state index in [9.17, 15) is 18.0 Å². The fourth-order valence-electron chi connectivity index (χ4n) is 3.52. The number of carbonyl (C=O) groups is 1. The lowest BCUT2D eigenvalue weighted by Gasteiger charge is -2.43. The van der Waals surface area contributed by atoms with Gasteiger partial charge in [0, 0.05) is 32.1 Å². The number of rotatable bonds is 7. The van der Waals surface area contributed by atoms with Crippen molar-refractivity contribution in [2.24, 2.45) is 4.99 Å². The maximum atomic E-state index is 13.1. The van der Waals surface area contributed by atoms with E-state index in [1.54, 1.807) is 25.2 Å². The van der Waals surface area contributed by atoms with Crippen molar-refractivity contribution in [3.05, 3.63) is 59.5 Å². The molecule has 0 bridgehead atoms.